The first-order valence-corrected chi connectivity index (χ1v) is 12.1. The van der Waals surface area contributed by atoms with Gasteiger partial charge in [-0.3, -0.25) is 4.84 Å². The number of hydrogen-bond acceptors (Lipinski definition) is 5. The van der Waals surface area contributed by atoms with Gasteiger partial charge in [0.1, 0.15) is 18.8 Å². The number of nitrogens with zero attached hydrogens (tertiary/aromatic N) is 1. The zero-order chi connectivity index (χ0) is 23.4. The fourth-order valence-corrected chi connectivity index (χ4v) is 5.71. The van der Waals surface area contributed by atoms with Crippen LogP contribution in [-0.4, -0.2) is 35.0 Å². The predicted octanol–water partition coefficient (Wildman–Crippen LogP) is 7.08. The van der Waals surface area contributed by atoms with E-state index in [1.165, 1.54) is 6.42 Å². The average Bonchev–Trinajstić information content (AvgIpc) is 2.72. The molecule has 1 atom stereocenters. The number of piperidine rings is 1. The molecule has 0 amide bonds. The fourth-order valence-electron chi connectivity index (χ4n) is 5.71. The Hall–Kier alpha value is -1.85. The predicted molar refractivity (Wildman–Crippen MR) is 128 cm³/mol. The lowest BCUT2D eigenvalue weighted by molar-refractivity contribution is -0.316. The van der Waals surface area contributed by atoms with Crippen LogP contribution >= 0.6 is 0 Å². The number of hydroxylamine groups is 2. The van der Waals surface area contributed by atoms with Gasteiger partial charge in [0.05, 0.1) is 0 Å². The molecule has 178 valence electrons. The number of benzene rings is 1. The van der Waals surface area contributed by atoms with Crippen molar-refractivity contribution in [2.24, 2.45) is 5.92 Å². The lowest BCUT2D eigenvalue weighted by Gasteiger charge is -2.54. The summed E-state index contributed by atoms with van der Waals surface area (Å²) in [6.45, 7) is 15.1. The van der Waals surface area contributed by atoms with Crippen LogP contribution in [0, 0.1) is 5.92 Å². The molecule has 0 bridgehead atoms. The molecule has 1 aromatic rings. The van der Waals surface area contributed by atoms with Gasteiger partial charge in [-0.05, 0) is 83.3 Å². The molecule has 1 aliphatic carbocycles. The molecule has 5 nitrogen and oxygen atoms in total. The van der Waals surface area contributed by atoms with Crippen molar-refractivity contribution in [2.45, 2.75) is 103 Å². The van der Waals surface area contributed by atoms with Gasteiger partial charge in [-0.2, -0.15) is 5.06 Å². The molecule has 32 heavy (non-hydrogen) atoms. The Balaban J connectivity index is 1.74. The highest BCUT2D eigenvalue weighted by Crippen LogP contribution is 2.43. The van der Waals surface area contributed by atoms with Crippen molar-refractivity contribution in [3.63, 3.8) is 0 Å². The Kier molecular flexibility index (Phi) is 8.05. The quantitative estimate of drug-likeness (QED) is 0.422. The molecule has 2 aliphatic rings. The molecule has 0 N–H and O–H groups in total. The molecule has 0 radical (unpaired) electrons. The molecule has 1 aliphatic heterocycles. The largest absolute Gasteiger partial charge is 0.508 e. The van der Waals surface area contributed by atoms with Gasteiger partial charge < -0.3 is 9.47 Å². The van der Waals surface area contributed by atoms with Gasteiger partial charge in [0.25, 0.3) is 0 Å². The van der Waals surface area contributed by atoms with Gasteiger partial charge in [-0.15, -0.1) is 0 Å². The highest BCUT2D eigenvalue weighted by molar-refractivity contribution is 5.60. The van der Waals surface area contributed by atoms with Gasteiger partial charge in [-0.1, -0.05) is 50.3 Å². The summed E-state index contributed by atoms with van der Waals surface area (Å²) in [7, 11) is 0. The van der Waals surface area contributed by atoms with Gasteiger partial charge in [0.2, 0.25) is 0 Å². The van der Waals surface area contributed by atoms with Crippen LogP contribution in [0.2, 0.25) is 0 Å². The number of carbonyl (C=O) groups is 1. The summed E-state index contributed by atoms with van der Waals surface area (Å²) >= 11 is 0. The average molecular weight is 444 g/mol. The van der Waals surface area contributed by atoms with Crippen molar-refractivity contribution in [3.8, 4) is 0 Å². The molecule has 1 unspecified atom stereocenters. The second kappa shape index (κ2) is 10.4. The van der Waals surface area contributed by atoms with Crippen LogP contribution in [-0.2, 0) is 14.3 Å². The summed E-state index contributed by atoms with van der Waals surface area (Å²) in [4.78, 5) is 19.1. The third-order valence-electron chi connectivity index (χ3n) is 6.74. The summed E-state index contributed by atoms with van der Waals surface area (Å²) in [5.74, 6) is 0.617. The van der Waals surface area contributed by atoms with Crippen LogP contribution in [0.4, 0.5) is 4.79 Å². The molecular formula is C27H41NO4. The first-order valence-electron chi connectivity index (χ1n) is 12.1. The van der Waals surface area contributed by atoms with E-state index >= 15 is 0 Å². The first kappa shape index (κ1) is 24.8. The van der Waals surface area contributed by atoms with E-state index in [1.54, 1.807) is 0 Å². The fraction of sp³-hybridized carbons (Fsp3) is 0.667. The number of ether oxygens (including phenoxy) is 2. The van der Waals surface area contributed by atoms with Crippen molar-refractivity contribution in [1.82, 2.24) is 5.06 Å². The van der Waals surface area contributed by atoms with Crippen LogP contribution < -0.4 is 0 Å². The van der Waals surface area contributed by atoms with Gasteiger partial charge in [0.15, 0.2) is 0 Å². The topological polar surface area (TPSA) is 48.0 Å². The zero-order valence-electron chi connectivity index (χ0n) is 20.6. The summed E-state index contributed by atoms with van der Waals surface area (Å²) in [6.07, 6.45) is 8.14. The molecule has 0 aromatic heterocycles. The molecule has 3 rings (SSSR count). The van der Waals surface area contributed by atoms with Gasteiger partial charge >= 0.3 is 6.16 Å². The molecule has 1 heterocycles. The maximum Gasteiger partial charge on any atom is 0.508 e. The highest BCUT2D eigenvalue weighted by atomic mass is 16.7. The van der Waals surface area contributed by atoms with Crippen LogP contribution in [0.3, 0.4) is 0 Å². The van der Waals surface area contributed by atoms with E-state index in [0.717, 1.165) is 49.7 Å². The Morgan fingerprint density at radius 2 is 1.69 bits per heavy atom. The van der Waals surface area contributed by atoms with Crippen molar-refractivity contribution in [1.29, 1.82) is 0 Å². The van der Waals surface area contributed by atoms with Crippen LogP contribution in [0.25, 0.3) is 6.08 Å². The minimum absolute atomic E-state index is 0.0241. The van der Waals surface area contributed by atoms with E-state index < -0.39 is 12.3 Å². The van der Waals surface area contributed by atoms with Crippen molar-refractivity contribution >= 4 is 12.2 Å². The minimum Gasteiger partial charge on any atom is -0.431 e. The normalized spacial score (nSPS) is 22.8. The number of hydrogen-bond donors (Lipinski definition) is 0. The van der Waals surface area contributed by atoms with E-state index in [1.807, 2.05) is 30.3 Å². The first-order chi connectivity index (χ1) is 15.1. The van der Waals surface area contributed by atoms with Crippen molar-refractivity contribution in [3.05, 3.63) is 42.0 Å². The van der Waals surface area contributed by atoms with Crippen LogP contribution in [0.15, 0.2) is 30.8 Å². The molecular weight excluding hydrogens is 402 g/mol. The van der Waals surface area contributed by atoms with Gasteiger partial charge in [-0.25, -0.2) is 4.79 Å². The van der Waals surface area contributed by atoms with Crippen LogP contribution in [0.5, 0.6) is 0 Å². The highest BCUT2D eigenvalue weighted by Gasteiger charge is 2.46. The molecule has 1 saturated carbocycles. The second-order valence-corrected chi connectivity index (χ2v) is 10.8. The van der Waals surface area contributed by atoms with Crippen LogP contribution in [0.1, 0.15) is 96.8 Å². The van der Waals surface area contributed by atoms with Gasteiger partial charge in [0, 0.05) is 11.1 Å². The summed E-state index contributed by atoms with van der Waals surface area (Å²) in [5.41, 5.74) is 1.73. The minimum atomic E-state index is -0.598. The lowest BCUT2D eigenvalue weighted by Crippen LogP contribution is -2.60. The Morgan fingerprint density at radius 3 is 2.25 bits per heavy atom. The molecule has 2 fully saturated rings. The van der Waals surface area contributed by atoms with E-state index in [2.05, 4.69) is 46.3 Å². The van der Waals surface area contributed by atoms with E-state index in [4.69, 9.17) is 14.3 Å². The molecule has 5 heteroatoms. The summed E-state index contributed by atoms with van der Waals surface area (Å²) in [5, 5.41) is 2.13. The molecule has 1 saturated heterocycles. The number of rotatable bonds is 7. The maximum absolute atomic E-state index is 12.4. The van der Waals surface area contributed by atoms with E-state index in [9.17, 15) is 4.79 Å². The van der Waals surface area contributed by atoms with E-state index in [-0.39, 0.29) is 23.8 Å². The third-order valence-corrected chi connectivity index (χ3v) is 6.74. The standard InChI is InChI=1S/C27H41NO4/c1-7-21-13-15-22(16-14-21)24(19-30-25(29)31-23-11-9-8-10-12-23)32-28-26(3,4)17-20(2)18-27(28,5)6/h7,13-16,20,23-24H,1,8-12,17-19H2,2-6H3. The number of carbonyl (C=O) groups excluding carboxylic acids is 1. The Morgan fingerprint density at radius 1 is 1.09 bits per heavy atom. The van der Waals surface area contributed by atoms with Crippen molar-refractivity contribution in [2.75, 3.05) is 6.61 Å². The SMILES string of the molecule is C=Cc1ccc(C(COC(=O)OC2CCCCC2)ON2C(C)(C)CC(C)CC2(C)C)cc1. The lowest BCUT2D eigenvalue weighted by atomic mass is 9.76. The summed E-state index contributed by atoms with van der Waals surface area (Å²) in [6, 6.07) is 8.05. The van der Waals surface area contributed by atoms with E-state index in [0.29, 0.717) is 5.92 Å². The third kappa shape index (κ3) is 6.35. The monoisotopic (exact) mass is 443 g/mol. The molecule has 0 spiro atoms. The Bertz CT molecular complexity index is 746. The van der Waals surface area contributed by atoms with Crippen molar-refractivity contribution < 1.29 is 19.1 Å². The Labute approximate surface area is 194 Å². The maximum atomic E-state index is 12.4. The zero-order valence-corrected chi connectivity index (χ0v) is 20.6. The molecule has 1 aromatic carbocycles. The second-order valence-electron chi connectivity index (χ2n) is 10.8. The smallest absolute Gasteiger partial charge is 0.431 e. The summed E-state index contributed by atoms with van der Waals surface area (Å²) < 4.78 is 11.1.